The number of nitrogens with one attached hydrogen (secondary N) is 2. The van der Waals surface area contributed by atoms with Gasteiger partial charge in [-0.15, -0.1) is 0 Å². The van der Waals surface area contributed by atoms with E-state index in [1.54, 1.807) is 19.2 Å². The molecule has 0 aliphatic heterocycles. The first-order valence-corrected chi connectivity index (χ1v) is 7.18. The van der Waals surface area contributed by atoms with Gasteiger partial charge >= 0.3 is 0 Å². The fourth-order valence-corrected chi connectivity index (χ4v) is 2.33. The largest absolute Gasteiger partial charge is 0.370 e. The lowest BCUT2D eigenvalue weighted by atomic mass is 10.2. The van der Waals surface area contributed by atoms with Crippen molar-refractivity contribution in [3.05, 3.63) is 28.1 Å². The molecule has 0 aliphatic rings. The predicted molar refractivity (Wildman–Crippen MR) is 78.7 cm³/mol. The molecule has 6 nitrogen and oxygen atoms in total. The summed E-state index contributed by atoms with van der Waals surface area (Å²) in [6.07, 6.45) is 1.64. The van der Waals surface area contributed by atoms with Gasteiger partial charge in [0.2, 0.25) is 5.13 Å². The van der Waals surface area contributed by atoms with Crippen LogP contribution in [0.3, 0.4) is 0 Å². The van der Waals surface area contributed by atoms with Gasteiger partial charge in [-0.1, -0.05) is 0 Å². The van der Waals surface area contributed by atoms with E-state index >= 15 is 0 Å². The van der Waals surface area contributed by atoms with Crippen molar-refractivity contribution in [2.75, 3.05) is 17.2 Å². The lowest BCUT2D eigenvalue weighted by Crippen LogP contribution is -2.15. The van der Waals surface area contributed by atoms with Crippen LogP contribution in [0.2, 0.25) is 0 Å². The van der Waals surface area contributed by atoms with Crippen LogP contribution in [0.1, 0.15) is 23.1 Å². The lowest BCUT2D eigenvalue weighted by Gasteiger charge is -2.09. The molecule has 0 aliphatic carbocycles. The Kier molecular flexibility index (Phi) is 4.43. The SMILES string of the molecule is CCNc1ncc(Br)cc1C(=O)Nc1nc(C)ns1. The Morgan fingerprint density at radius 1 is 1.53 bits per heavy atom. The van der Waals surface area contributed by atoms with Crippen LogP contribution in [-0.2, 0) is 0 Å². The highest BCUT2D eigenvalue weighted by molar-refractivity contribution is 9.10. The molecule has 2 N–H and O–H groups in total. The molecule has 0 spiro atoms. The van der Waals surface area contributed by atoms with Gasteiger partial charge < -0.3 is 5.32 Å². The zero-order chi connectivity index (χ0) is 13.8. The third-order valence-corrected chi connectivity index (χ3v) is 3.35. The number of amides is 1. The normalized spacial score (nSPS) is 10.3. The Morgan fingerprint density at radius 2 is 2.32 bits per heavy atom. The number of aryl methyl sites for hydroxylation is 1. The highest BCUT2D eigenvalue weighted by atomic mass is 79.9. The van der Waals surface area contributed by atoms with Crippen molar-refractivity contribution >= 4 is 44.3 Å². The van der Waals surface area contributed by atoms with E-state index in [2.05, 4.69) is 40.9 Å². The Balaban J connectivity index is 2.24. The van der Waals surface area contributed by atoms with Crippen molar-refractivity contribution in [3.8, 4) is 0 Å². The molecule has 0 radical (unpaired) electrons. The van der Waals surface area contributed by atoms with E-state index in [4.69, 9.17) is 0 Å². The number of hydrogen-bond donors (Lipinski definition) is 2. The number of halogens is 1. The minimum atomic E-state index is -0.263. The van der Waals surface area contributed by atoms with Gasteiger partial charge in [0.25, 0.3) is 5.91 Å². The van der Waals surface area contributed by atoms with Gasteiger partial charge in [0.1, 0.15) is 11.6 Å². The third kappa shape index (κ3) is 3.48. The maximum Gasteiger partial charge on any atom is 0.261 e. The number of aromatic nitrogens is 3. The first-order chi connectivity index (χ1) is 9.10. The zero-order valence-electron chi connectivity index (χ0n) is 10.4. The summed E-state index contributed by atoms with van der Waals surface area (Å²) in [5.41, 5.74) is 0.462. The highest BCUT2D eigenvalue weighted by Gasteiger charge is 2.15. The number of pyridine rings is 1. The third-order valence-electron chi connectivity index (χ3n) is 2.19. The van der Waals surface area contributed by atoms with Gasteiger partial charge in [-0.3, -0.25) is 10.1 Å². The summed E-state index contributed by atoms with van der Waals surface area (Å²) >= 11 is 4.46. The summed E-state index contributed by atoms with van der Waals surface area (Å²) < 4.78 is 4.76. The fourth-order valence-electron chi connectivity index (χ4n) is 1.43. The van der Waals surface area contributed by atoms with Crippen LogP contribution >= 0.6 is 27.5 Å². The quantitative estimate of drug-likeness (QED) is 0.893. The Bertz CT molecular complexity index is 601. The summed E-state index contributed by atoms with van der Waals surface area (Å²) in [6.45, 7) is 4.41. The van der Waals surface area contributed by atoms with Crippen molar-refractivity contribution in [3.63, 3.8) is 0 Å². The van der Waals surface area contributed by atoms with Gasteiger partial charge in [0.15, 0.2) is 0 Å². The van der Waals surface area contributed by atoms with E-state index in [-0.39, 0.29) is 5.91 Å². The minimum Gasteiger partial charge on any atom is -0.370 e. The summed E-state index contributed by atoms with van der Waals surface area (Å²) in [7, 11) is 0. The van der Waals surface area contributed by atoms with Crippen LogP contribution in [0.15, 0.2) is 16.7 Å². The maximum atomic E-state index is 12.2. The van der Waals surface area contributed by atoms with E-state index < -0.39 is 0 Å². The number of carbonyl (C=O) groups excluding carboxylic acids is 1. The zero-order valence-corrected chi connectivity index (χ0v) is 12.8. The molecule has 8 heteroatoms. The van der Waals surface area contributed by atoms with Crippen molar-refractivity contribution < 1.29 is 4.79 Å². The van der Waals surface area contributed by atoms with Crippen LogP contribution in [0.5, 0.6) is 0 Å². The van der Waals surface area contributed by atoms with Gasteiger partial charge in [-0.25, -0.2) is 9.97 Å². The lowest BCUT2D eigenvalue weighted by molar-refractivity contribution is 0.102. The molecule has 0 aromatic carbocycles. The second-order valence-corrected chi connectivity index (χ2v) is 5.35. The smallest absolute Gasteiger partial charge is 0.261 e. The molecule has 0 saturated carbocycles. The molecule has 0 fully saturated rings. The summed E-state index contributed by atoms with van der Waals surface area (Å²) in [5, 5.41) is 6.24. The second-order valence-electron chi connectivity index (χ2n) is 3.68. The van der Waals surface area contributed by atoms with Gasteiger partial charge in [-0.2, -0.15) is 4.37 Å². The molecule has 2 heterocycles. The van der Waals surface area contributed by atoms with Gasteiger partial charge in [0.05, 0.1) is 5.56 Å². The summed E-state index contributed by atoms with van der Waals surface area (Å²) in [5.74, 6) is 0.921. The molecular weight excluding hydrogens is 330 g/mol. The monoisotopic (exact) mass is 341 g/mol. The Hall–Kier alpha value is -1.54. The van der Waals surface area contributed by atoms with E-state index in [1.165, 1.54) is 0 Å². The molecule has 19 heavy (non-hydrogen) atoms. The van der Waals surface area contributed by atoms with Crippen LogP contribution in [0.25, 0.3) is 0 Å². The number of rotatable bonds is 4. The van der Waals surface area contributed by atoms with Crippen LogP contribution in [0, 0.1) is 6.92 Å². The average Bonchev–Trinajstić information content (AvgIpc) is 2.77. The molecule has 1 amide bonds. The number of anilines is 2. The van der Waals surface area contributed by atoms with Crippen molar-refractivity contribution in [1.82, 2.24) is 14.3 Å². The first-order valence-electron chi connectivity index (χ1n) is 5.61. The Labute approximate surface area is 123 Å². The molecule has 0 saturated heterocycles. The summed E-state index contributed by atoms with van der Waals surface area (Å²) in [6, 6.07) is 1.72. The fraction of sp³-hybridized carbons (Fsp3) is 0.273. The molecule has 2 aromatic heterocycles. The predicted octanol–water partition coefficient (Wildman–Crippen LogP) is 2.69. The number of nitrogens with zero attached hydrogens (tertiary/aromatic N) is 3. The molecular formula is C11H12BrN5OS. The Morgan fingerprint density at radius 3 is 2.95 bits per heavy atom. The van der Waals surface area contributed by atoms with Gasteiger partial charge in [0, 0.05) is 28.7 Å². The van der Waals surface area contributed by atoms with Crippen LogP contribution < -0.4 is 10.6 Å². The van der Waals surface area contributed by atoms with Gasteiger partial charge in [-0.05, 0) is 35.8 Å². The average molecular weight is 342 g/mol. The minimum absolute atomic E-state index is 0.263. The van der Waals surface area contributed by atoms with Crippen molar-refractivity contribution in [2.45, 2.75) is 13.8 Å². The van der Waals surface area contributed by atoms with Crippen LogP contribution in [-0.4, -0.2) is 26.8 Å². The topological polar surface area (TPSA) is 79.8 Å². The van der Waals surface area contributed by atoms with Crippen LogP contribution in [0.4, 0.5) is 10.9 Å². The van der Waals surface area contributed by atoms with Crippen molar-refractivity contribution in [1.29, 1.82) is 0 Å². The van der Waals surface area contributed by atoms with Crippen molar-refractivity contribution in [2.24, 2.45) is 0 Å². The summed E-state index contributed by atoms with van der Waals surface area (Å²) in [4.78, 5) is 20.5. The number of hydrogen-bond acceptors (Lipinski definition) is 6. The number of carbonyl (C=O) groups is 1. The standard InChI is InChI=1S/C11H12BrN5OS/c1-3-13-9-8(4-7(12)5-14-9)10(18)16-11-15-6(2)17-19-11/h4-5H,3H2,1-2H3,(H,13,14)(H,15,16,17,18). The highest BCUT2D eigenvalue weighted by Crippen LogP contribution is 2.20. The molecule has 2 rings (SSSR count). The second kappa shape index (κ2) is 6.07. The molecule has 100 valence electrons. The molecule has 0 atom stereocenters. The van der Waals surface area contributed by atoms with E-state index in [0.717, 1.165) is 16.0 Å². The first kappa shape index (κ1) is 13.9. The molecule has 2 aromatic rings. The van der Waals surface area contributed by atoms with E-state index in [1.807, 2.05) is 6.92 Å². The van der Waals surface area contributed by atoms with E-state index in [9.17, 15) is 4.79 Å². The molecule has 0 unspecified atom stereocenters. The maximum absolute atomic E-state index is 12.2. The van der Waals surface area contributed by atoms with E-state index in [0.29, 0.717) is 28.9 Å². The molecule has 0 bridgehead atoms.